The summed E-state index contributed by atoms with van der Waals surface area (Å²) in [5.74, 6) is 0.845. The van der Waals surface area contributed by atoms with Crippen molar-refractivity contribution < 1.29 is 4.74 Å². The molecule has 0 unspecified atom stereocenters. The summed E-state index contributed by atoms with van der Waals surface area (Å²) in [6.07, 6.45) is 0. The van der Waals surface area contributed by atoms with Gasteiger partial charge in [-0.2, -0.15) is 0 Å². The molecule has 3 aromatic rings. The third-order valence-corrected chi connectivity index (χ3v) is 3.58. The fourth-order valence-electron chi connectivity index (χ4n) is 2.41. The third-order valence-electron chi connectivity index (χ3n) is 3.58. The SMILES string of the molecule is COc1ccc(Cn2nnc(C)c2-c2ccc(N)cc2)cc1. The highest BCUT2D eigenvalue weighted by Crippen LogP contribution is 2.24. The molecule has 2 aromatic carbocycles. The van der Waals surface area contributed by atoms with Gasteiger partial charge in [0.25, 0.3) is 0 Å². The Morgan fingerprint density at radius 2 is 1.73 bits per heavy atom. The molecule has 0 radical (unpaired) electrons. The summed E-state index contributed by atoms with van der Waals surface area (Å²) >= 11 is 0. The normalized spacial score (nSPS) is 10.6. The topological polar surface area (TPSA) is 66.0 Å². The predicted molar refractivity (Wildman–Crippen MR) is 86.7 cm³/mol. The second kappa shape index (κ2) is 5.89. The summed E-state index contributed by atoms with van der Waals surface area (Å²) in [6, 6.07) is 15.7. The number of hydrogen-bond acceptors (Lipinski definition) is 4. The molecule has 0 bridgehead atoms. The van der Waals surface area contributed by atoms with E-state index in [9.17, 15) is 0 Å². The van der Waals surface area contributed by atoms with E-state index >= 15 is 0 Å². The van der Waals surface area contributed by atoms with Gasteiger partial charge in [-0.1, -0.05) is 29.5 Å². The Balaban J connectivity index is 1.92. The Kier molecular flexibility index (Phi) is 3.78. The molecule has 0 aliphatic carbocycles. The van der Waals surface area contributed by atoms with Crippen LogP contribution in [0.15, 0.2) is 48.5 Å². The van der Waals surface area contributed by atoms with Crippen molar-refractivity contribution in [1.82, 2.24) is 15.0 Å². The fourth-order valence-corrected chi connectivity index (χ4v) is 2.41. The molecule has 3 rings (SSSR count). The van der Waals surface area contributed by atoms with E-state index in [1.54, 1.807) is 7.11 Å². The van der Waals surface area contributed by atoms with Gasteiger partial charge in [-0.25, -0.2) is 4.68 Å². The zero-order chi connectivity index (χ0) is 15.5. The van der Waals surface area contributed by atoms with Crippen LogP contribution < -0.4 is 10.5 Å². The van der Waals surface area contributed by atoms with Crippen LogP contribution in [0.25, 0.3) is 11.3 Å². The maximum atomic E-state index is 5.76. The van der Waals surface area contributed by atoms with Crippen molar-refractivity contribution in [1.29, 1.82) is 0 Å². The Morgan fingerprint density at radius 3 is 2.36 bits per heavy atom. The van der Waals surface area contributed by atoms with Crippen LogP contribution in [0.5, 0.6) is 5.75 Å². The Hall–Kier alpha value is -2.82. The maximum absolute atomic E-state index is 5.76. The number of hydrogen-bond donors (Lipinski definition) is 1. The minimum absolute atomic E-state index is 0.657. The minimum Gasteiger partial charge on any atom is -0.497 e. The summed E-state index contributed by atoms with van der Waals surface area (Å²) in [5, 5.41) is 8.46. The molecule has 0 atom stereocenters. The van der Waals surface area contributed by atoms with Gasteiger partial charge in [0, 0.05) is 11.3 Å². The molecule has 0 saturated heterocycles. The fraction of sp³-hybridized carbons (Fsp3) is 0.176. The van der Waals surface area contributed by atoms with Gasteiger partial charge in [-0.3, -0.25) is 0 Å². The molecule has 1 heterocycles. The van der Waals surface area contributed by atoms with E-state index in [0.29, 0.717) is 6.54 Å². The average molecular weight is 294 g/mol. The van der Waals surface area contributed by atoms with Gasteiger partial charge in [0.15, 0.2) is 0 Å². The van der Waals surface area contributed by atoms with Crippen molar-refractivity contribution >= 4 is 5.69 Å². The van der Waals surface area contributed by atoms with Gasteiger partial charge in [0.2, 0.25) is 0 Å². The second-order valence-corrected chi connectivity index (χ2v) is 5.15. The first-order valence-electron chi connectivity index (χ1n) is 7.06. The monoisotopic (exact) mass is 294 g/mol. The van der Waals surface area contributed by atoms with Crippen LogP contribution >= 0.6 is 0 Å². The summed E-state index contributed by atoms with van der Waals surface area (Å²) < 4.78 is 7.09. The molecule has 1 aromatic heterocycles. The number of rotatable bonds is 4. The van der Waals surface area contributed by atoms with E-state index in [1.807, 2.05) is 60.1 Å². The van der Waals surface area contributed by atoms with Crippen molar-refractivity contribution in [2.24, 2.45) is 0 Å². The van der Waals surface area contributed by atoms with Crippen LogP contribution in [-0.2, 0) is 6.54 Å². The lowest BCUT2D eigenvalue weighted by Crippen LogP contribution is -2.04. The number of benzene rings is 2. The molecule has 0 aliphatic rings. The van der Waals surface area contributed by atoms with Crippen LogP contribution in [0, 0.1) is 6.92 Å². The van der Waals surface area contributed by atoms with Gasteiger partial charge in [0.1, 0.15) is 5.75 Å². The van der Waals surface area contributed by atoms with Gasteiger partial charge in [-0.05, 0) is 36.8 Å². The number of aromatic nitrogens is 3. The van der Waals surface area contributed by atoms with Gasteiger partial charge in [-0.15, -0.1) is 5.10 Å². The molecular formula is C17H18N4O. The van der Waals surface area contributed by atoms with Crippen molar-refractivity contribution in [3.8, 4) is 17.0 Å². The molecule has 2 N–H and O–H groups in total. The molecule has 0 spiro atoms. The quantitative estimate of drug-likeness (QED) is 0.751. The molecule has 5 nitrogen and oxygen atoms in total. The highest BCUT2D eigenvalue weighted by molar-refractivity contribution is 5.64. The standard InChI is InChI=1S/C17H18N4O/c1-12-17(14-5-7-15(18)8-6-14)21(20-19-12)11-13-3-9-16(22-2)10-4-13/h3-10H,11,18H2,1-2H3. The Labute approximate surface area is 129 Å². The predicted octanol–water partition coefficient (Wildman–Crippen LogP) is 2.89. The summed E-state index contributed by atoms with van der Waals surface area (Å²) in [6.45, 7) is 2.62. The first kappa shape index (κ1) is 14.1. The molecule has 0 aliphatic heterocycles. The molecule has 5 heteroatoms. The van der Waals surface area contributed by atoms with E-state index in [0.717, 1.165) is 34.0 Å². The average Bonchev–Trinajstić information content (AvgIpc) is 2.90. The molecule has 112 valence electrons. The number of aryl methyl sites for hydroxylation is 1. The number of anilines is 1. The second-order valence-electron chi connectivity index (χ2n) is 5.15. The van der Waals surface area contributed by atoms with Gasteiger partial charge >= 0.3 is 0 Å². The zero-order valence-electron chi connectivity index (χ0n) is 12.7. The van der Waals surface area contributed by atoms with E-state index < -0.39 is 0 Å². The first-order chi connectivity index (χ1) is 10.7. The summed E-state index contributed by atoms with van der Waals surface area (Å²) in [5.41, 5.74) is 10.6. The number of methoxy groups -OCH3 is 1. The van der Waals surface area contributed by atoms with Crippen molar-refractivity contribution in [3.05, 3.63) is 59.8 Å². The lowest BCUT2D eigenvalue weighted by Gasteiger charge is -2.08. The van der Waals surface area contributed by atoms with E-state index in [4.69, 9.17) is 10.5 Å². The molecule has 0 saturated carbocycles. The Morgan fingerprint density at radius 1 is 1.05 bits per heavy atom. The molecule has 0 amide bonds. The molecular weight excluding hydrogens is 276 g/mol. The van der Waals surface area contributed by atoms with Crippen molar-refractivity contribution in [2.75, 3.05) is 12.8 Å². The lowest BCUT2D eigenvalue weighted by molar-refractivity contribution is 0.414. The van der Waals surface area contributed by atoms with Crippen LogP contribution in [0.1, 0.15) is 11.3 Å². The van der Waals surface area contributed by atoms with E-state index in [2.05, 4.69) is 10.3 Å². The van der Waals surface area contributed by atoms with E-state index in [1.165, 1.54) is 0 Å². The zero-order valence-corrected chi connectivity index (χ0v) is 12.7. The van der Waals surface area contributed by atoms with Crippen molar-refractivity contribution in [2.45, 2.75) is 13.5 Å². The maximum Gasteiger partial charge on any atom is 0.118 e. The minimum atomic E-state index is 0.657. The number of nitrogens with two attached hydrogens (primary N) is 1. The number of nitrogens with zero attached hydrogens (tertiary/aromatic N) is 3. The van der Waals surface area contributed by atoms with Crippen LogP contribution in [0.3, 0.4) is 0 Å². The first-order valence-corrected chi connectivity index (χ1v) is 7.06. The molecule has 22 heavy (non-hydrogen) atoms. The highest BCUT2D eigenvalue weighted by atomic mass is 16.5. The Bertz CT molecular complexity index is 760. The smallest absolute Gasteiger partial charge is 0.118 e. The van der Waals surface area contributed by atoms with Gasteiger partial charge < -0.3 is 10.5 Å². The number of nitrogen functional groups attached to an aromatic ring is 1. The third kappa shape index (κ3) is 2.79. The summed E-state index contributed by atoms with van der Waals surface area (Å²) in [4.78, 5) is 0. The van der Waals surface area contributed by atoms with Gasteiger partial charge in [0.05, 0.1) is 25.0 Å². The van der Waals surface area contributed by atoms with Crippen LogP contribution in [-0.4, -0.2) is 22.1 Å². The number of ether oxygens (including phenoxy) is 1. The van der Waals surface area contributed by atoms with Crippen LogP contribution in [0.2, 0.25) is 0 Å². The van der Waals surface area contributed by atoms with E-state index in [-0.39, 0.29) is 0 Å². The highest BCUT2D eigenvalue weighted by Gasteiger charge is 2.12. The summed E-state index contributed by atoms with van der Waals surface area (Å²) in [7, 11) is 1.66. The van der Waals surface area contributed by atoms with Crippen molar-refractivity contribution in [3.63, 3.8) is 0 Å². The molecule has 0 fully saturated rings. The van der Waals surface area contributed by atoms with Crippen LogP contribution in [0.4, 0.5) is 5.69 Å². The largest absolute Gasteiger partial charge is 0.497 e. The lowest BCUT2D eigenvalue weighted by atomic mass is 10.1.